The number of carbonyl (C=O) groups excluding carboxylic acids is 2. The van der Waals surface area contributed by atoms with Gasteiger partial charge in [-0.05, 0) is 22.9 Å². The van der Waals surface area contributed by atoms with Crippen LogP contribution in [0.4, 0.5) is 0 Å². The third kappa shape index (κ3) is 2.73. The van der Waals surface area contributed by atoms with Gasteiger partial charge < -0.3 is 15.2 Å². The fourth-order valence-electron chi connectivity index (χ4n) is 0.904. The van der Waals surface area contributed by atoms with E-state index in [1.807, 2.05) is 0 Å². The molecule has 0 radical (unpaired) electrons. The molecular weight excluding hydrogens is 298 g/mol. The van der Waals surface area contributed by atoms with Gasteiger partial charge >= 0.3 is 5.97 Å². The Morgan fingerprint density at radius 3 is 2.69 bits per heavy atom. The average Bonchev–Trinajstić information content (AvgIpc) is 2.59. The van der Waals surface area contributed by atoms with Crippen molar-refractivity contribution in [2.75, 3.05) is 7.11 Å². The van der Waals surface area contributed by atoms with E-state index in [0.717, 1.165) is 11.3 Å². The van der Waals surface area contributed by atoms with E-state index in [-0.39, 0.29) is 5.75 Å². The first-order valence-corrected chi connectivity index (χ1v) is 5.96. The molecular formula is C9H10BrNO4S. The largest absolute Gasteiger partial charge is 0.478 e. The lowest BCUT2D eigenvalue weighted by Gasteiger charge is -2.11. The number of rotatable bonds is 4. The zero-order valence-corrected chi connectivity index (χ0v) is 11.1. The van der Waals surface area contributed by atoms with Crippen LogP contribution in [-0.2, 0) is 9.53 Å². The molecule has 1 atom stereocenters. The molecule has 0 saturated heterocycles. The van der Waals surface area contributed by atoms with Gasteiger partial charge in [0.05, 0.1) is 11.6 Å². The zero-order chi connectivity index (χ0) is 12.3. The van der Waals surface area contributed by atoms with Crippen LogP contribution in [0.25, 0.3) is 0 Å². The van der Waals surface area contributed by atoms with Crippen LogP contribution in [0.3, 0.4) is 0 Å². The number of ether oxygens (including phenoxy) is 2. The summed E-state index contributed by atoms with van der Waals surface area (Å²) in [5.41, 5.74) is 5.07. The number of carbonyl (C=O) groups is 2. The van der Waals surface area contributed by atoms with Gasteiger partial charge in [-0.3, -0.25) is 4.79 Å². The first-order valence-electron chi connectivity index (χ1n) is 4.28. The number of primary amides is 1. The maximum absolute atomic E-state index is 11.4. The summed E-state index contributed by atoms with van der Waals surface area (Å²) < 4.78 is 10.5. The Morgan fingerprint density at radius 1 is 1.56 bits per heavy atom. The van der Waals surface area contributed by atoms with Crippen molar-refractivity contribution < 1.29 is 19.1 Å². The lowest BCUT2D eigenvalue weighted by molar-refractivity contribution is -0.124. The Labute approximate surface area is 105 Å². The number of hydrogen-bond donors (Lipinski definition) is 1. The van der Waals surface area contributed by atoms with Crippen LogP contribution in [0.5, 0.6) is 5.75 Å². The van der Waals surface area contributed by atoms with Crippen molar-refractivity contribution in [1.82, 2.24) is 0 Å². The molecule has 5 nitrogen and oxygen atoms in total. The minimum Gasteiger partial charge on any atom is -0.478 e. The second-order valence-electron chi connectivity index (χ2n) is 2.90. The van der Waals surface area contributed by atoms with E-state index in [0.29, 0.717) is 9.35 Å². The van der Waals surface area contributed by atoms with Gasteiger partial charge in [0.2, 0.25) is 0 Å². The monoisotopic (exact) mass is 307 g/mol. The van der Waals surface area contributed by atoms with Crippen molar-refractivity contribution in [3.05, 3.63) is 14.7 Å². The maximum atomic E-state index is 11.4. The molecule has 0 bridgehead atoms. The van der Waals surface area contributed by atoms with Gasteiger partial charge in [-0.15, -0.1) is 11.3 Å². The van der Waals surface area contributed by atoms with Crippen molar-refractivity contribution >= 4 is 39.1 Å². The van der Waals surface area contributed by atoms with Crippen molar-refractivity contribution in [3.63, 3.8) is 0 Å². The number of halogens is 1. The molecule has 1 unspecified atom stereocenters. The summed E-state index contributed by atoms with van der Waals surface area (Å²) >= 11 is 4.38. The SMILES string of the molecule is COC(=O)c1scc(Br)c1OC(C)C(N)=O. The molecule has 16 heavy (non-hydrogen) atoms. The number of nitrogens with two attached hydrogens (primary N) is 1. The smallest absolute Gasteiger partial charge is 0.351 e. The third-order valence-electron chi connectivity index (χ3n) is 1.77. The molecule has 0 spiro atoms. The molecule has 0 fully saturated rings. The molecule has 7 heteroatoms. The second-order valence-corrected chi connectivity index (χ2v) is 4.63. The maximum Gasteiger partial charge on any atom is 0.351 e. The highest BCUT2D eigenvalue weighted by molar-refractivity contribution is 9.10. The zero-order valence-electron chi connectivity index (χ0n) is 8.65. The van der Waals surface area contributed by atoms with E-state index in [2.05, 4.69) is 20.7 Å². The van der Waals surface area contributed by atoms with Crippen LogP contribution in [-0.4, -0.2) is 25.1 Å². The van der Waals surface area contributed by atoms with Gasteiger partial charge in [-0.2, -0.15) is 0 Å². The van der Waals surface area contributed by atoms with Gasteiger partial charge in [0.1, 0.15) is 0 Å². The minimum atomic E-state index is -0.811. The van der Waals surface area contributed by atoms with Crippen molar-refractivity contribution in [2.45, 2.75) is 13.0 Å². The highest BCUT2D eigenvalue weighted by atomic mass is 79.9. The molecule has 1 amide bonds. The summed E-state index contributed by atoms with van der Waals surface area (Å²) in [5.74, 6) is -0.834. The van der Waals surface area contributed by atoms with Crippen LogP contribution in [0, 0.1) is 0 Å². The lowest BCUT2D eigenvalue weighted by Crippen LogP contribution is -2.31. The molecule has 0 aliphatic rings. The number of methoxy groups -OCH3 is 1. The van der Waals surface area contributed by atoms with E-state index in [1.165, 1.54) is 14.0 Å². The number of hydrogen-bond acceptors (Lipinski definition) is 5. The van der Waals surface area contributed by atoms with Gasteiger partial charge in [-0.1, -0.05) is 0 Å². The van der Waals surface area contributed by atoms with Crippen molar-refractivity contribution in [3.8, 4) is 5.75 Å². The van der Waals surface area contributed by atoms with Crippen LogP contribution in [0.1, 0.15) is 16.6 Å². The molecule has 88 valence electrons. The fourth-order valence-corrected chi connectivity index (χ4v) is 2.38. The molecule has 0 aromatic carbocycles. The molecule has 1 aromatic rings. The summed E-state index contributed by atoms with van der Waals surface area (Å²) in [6.07, 6.45) is -0.811. The Kier molecular flexibility index (Phi) is 4.31. The highest BCUT2D eigenvalue weighted by Crippen LogP contribution is 2.36. The molecule has 0 aliphatic carbocycles. The second kappa shape index (κ2) is 5.31. The molecule has 0 saturated carbocycles. The van der Waals surface area contributed by atoms with Gasteiger partial charge in [0, 0.05) is 5.38 Å². The standard InChI is InChI=1S/C9H10BrNO4S/c1-4(8(11)12)15-6-5(10)3-16-7(6)9(13)14-2/h3-4H,1-2H3,(H2,11,12). The molecule has 1 aromatic heterocycles. The van der Waals surface area contributed by atoms with E-state index in [4.69, 9.17) is 10.5 Å². The van der Waals surface area contributed by atoms with Crippen LogP contribution < -0.4 is 10.5 Å². The van der Waals surface area contributed by atoms with Gasteiger partial charge in [0.15, 0.2) is 16.7 Å². The fraction of sp³-hybridized carbons (Fsp3) is 0.333. The number of esters is 1. The lowest BCUT2D eigenvalue weighted by atomic mass is 10.3. The normalized spacial score (nSPS) is 11.9. The summed E-state index contributed by atoms with van der Waals surface area (Å²) in [7, 11) is 1.28. The summed E-state index contributed by atoms with van der Waals surface area (Å²) in [6, 6.07) is 0. The van der Waals surface area contributed by atoms with Crippen molar-refractivity contribution in [1.29, 1.82) is 0 Å². The molecule has 0 aliphatic heterocycles. The third-order valence-corrected chi connectivity index (χ3v) is 3.60. The molecule has 2 N–H and O–H groups in total. The highest BCUT2D eigenvalue weighted by Gasteiger charge is 2.22. The van der Waals surface area contributed by atoms with Gasteiger partial charge in [-0.25, -0.2) is 4.79 Å². The summed E-state index contributed by atoms with van der Waals surface area (Å²) in [5, 5.41) is 1.68. The Balaban J connectivity index is 2.98. The quantitative estimate of drug-likeness (QED) is 0.856. The topological polar surface area (TPSA) is 78.6 Å². The van der Waals surface area contributed by atoms with E-state index < -0.39 is 18.0 Å². The number of amides is 1. The summed E-state index contributed by atoms with van der Waals surface area (Å²) in [4.78, 5) is 22.5. The first-order chi connectivity index (χ1) is 7.47. The van der Waals surface area contributed by atoms with Crippen LogP contribution in [0.2, 0.25) is 0 Å². The Morgan fingerprint density at radius 2 is 2.19 bits per heavy atom. The van der Waals surface area contributed by atoms with E-state index in [1.54, 1.807) is 5.38 Å². The molecule has 1 heterocycles. The molecule has 1 rings (SSSR count). The average molecular weight is 308 g/mol. The Bertz CT molecular complexity index is 418. The van der Waals surface area contributed by atoms with Crippen LogP contribution >= 0.6 is 27.3 Å². The first kappa shape index (κ1) is 13.0. The number of thiophene rings is 1. The van der Waals surface area contributed by atoms with E-state index >= 15 is 0 Å². The predicted octanol–water partition coefficient (Wildman–Crippen LogP) is 1.55. The van der Waals surface area contributed by atoms with Crippen LogP contribution in [0.15, 0.2) is 9.85 Å². The Hall–Kier alpha value is -1.08. The van der Waals surface area contributed by atoms with Crippen molar-refractivity contribution in [2.24, 2.45) is 5.73 Å². The van der Waals surface area contributed by atoms with E-state index in [9.17, 15) is 9.59 Å². The minimum absolute atomic E-state index is 0.281. The predicted molar refractivity (Wildman–Crippen MR) is 62.6 cm³/mol. The van der Waals surface area contributed by atoms with Gasteiger partial charge in [0.25, 0.3) is 5.91 Å². The summed E-state index contributed by atoms with van der Waals surface area (Å²) in [6.45, 7) is 1.51.